The molecule has 0 atom stereocenters. The highest BCUT2D eigenvalue weighted by atomic mass is 32.1. The van der Waals surface area contributed by atoms with Gasteiger partial charge in [0.2, 0.25) is 0 Å². The highest BCUT2D eigenvalue weighted by Gasteiger charge is 2.20. The van der Waals surface area contributed by atoms with E-state index in [9.17, 15) is 0 Å². The zero-order valence-corrected chi connectivity index (χ0v) is 13.6. The van der Waals surface area contributed by atoms with Crippen molar-refractivity contribution < 1.29 is 0 Å². The zero-order chi connectivity index (χ0) is 14.8. The first-order valence-corrected chi connectivity index (χ1v) is 8.30. The van der Waals surface area contributed by atoms with Crippen molar-refractivity contribution in [3.8, 4) is 11.3 Å². The topological polar surface area (TPSA) is 28.7 Å². The van der Waals surface area contributed by atoms with Crippen molar-refractivity contribution in [3.05, 3.63) is 45.9 Å². The van der Waals surface area contributed by atoms with Crippen LogP contribution in [-0.2, 0) is 6.42 Å². The summed E-state index contributed by atoms with van der Waals surface area (Å²) in [5.74, 6) is 1.75. The molecule has 110 valence electrons. The molecular weight excluding hydrogens is 276 g/mol. The van der Waals surface area contributed by atoms with Crippen LogP contribution in [0.15, 0.2) is 24.3 Å². The Morgan fingerprint density at radius 2 is 2.14 bits per heavy atom. The summed E-state index contributed by atoms with van der Waals surface area (Å²) in [6.45, 7) is 4.22. The van der Waals surface area contributed by atoms with Crippen LogP contribution in [0.2, 0.25) is 0 Å². The van der Waals surface area contributed by atoms with Crippen LogP contribution in [-0.4, -0.2) is 9.97 Å². The monoisotopic (exact) mass is 298 g/mol. The van der Waals surface area contributed by atoms with Gasteiger partial charge in [0.05, 0.1) is 5.69 Å². The second-order valence-corrected chi connectivity index (χ2v) is 6.38. The first kappa shape index (κ1) is 14.5. The van der Waals surface area contributed by atoms with Crippen molar-refractivity contribution in [3.63, 3.8) is 0 Å². The number of benzene rings is 1. The fraction of sp³-hybridized carbons (Fsp3) is 0.444. The maximum atomic E-state index is 5.43. The molecule has 1 heterocycles. The lowest BCUT2D eigenvalue weighted by atomic mass is 9.79. The molecule has 1 aliphatic rings. The Morgan fingerprint density at radius 3 is 2.81 bits per heavy atom. The third kappa shape index (κ3) is 2.93. The van der Waals surface area contributed by atoms with E-state index >= 15 is 0 Å². The molecule has 0 radical (unpaired) electrons. The summed E-state index contributed by atoms with van der Waals surface area (Å²) in [6, 6.07) is 8.92. The quantitative estimate of drug-likeness (QED) is 0.772. The predicted molar refractivity (Wildman–Crippen MR) is 90.2 cm³/mol. The average Bonchev–Trinajstić information content (AvgIpc) is 2.41. The average molecular weight is 298 g/mol. The Hall–Kier alpha value is -1.48. The van der Waals surface area contributed by atoms with Crippen molar-refractivity contribution in [2.45, 2.75) is 51.9 Å². The number of aromatic nitrogens is 2. The van der Waals surface area contributed by atoms with E-state index < -0.39 is 0 Å². The van der Waals surface area contributed by atoms with Gasteiger partial charge in [0.15, 0.2) is 0 Å². The standard InChI is InChI=1S/C18H22N2S/c1-3-6-16-19-17(12(2)18(21)20-16)15-10-5-9-14(11-15)13-7-4-8-13/h5,9-11,13H,3-4,6-8H2,1-2H3,(H,19,20,21). The molecule has 2 aromatic rings. The van der Waals surface area contributed by atoms with Crippen molar-refractivity contribution in [1.82, 2.24) is 9.97 Å². The highest BCUT2D eigenvalue weighted by Crippen LogP contribution is 2.37. The lowest BCUT2D eigenvalue weighted by molar-refractivity contribution is 0.420. The van der Waals surface area contributed by atoms with Gasteiger partial charge < -0.3 is 4.98 Å². The molecule has 1 aliphatic carbocycles. The maximum Gasteiger partial charge on any atom is 0.133 e. The Bertz CT molecular complexity index is 699. The second kappa shape index (κ2) is 6.10. The molecule has 1 aromatic carbocycles. The molecule has 0 amide bonds. The van der Waals surface area contributed by atoms with E-state index in [0.717, 1.165) is 40.5 Å². The molecule has 2 nitrogen and oxygen atoms in total. The van der Waals surface area contributed by atoms with Crippen LogP contribution < -0.4 is 0 Å². The molecule has 0 spiro atoms. The van der Waals surface area contributed by atoms with Crippen molar-refractivity contribution in [2.75, 3.05) is 0 Å². The van der Waals surface area contributed by atoms with Crippen LogP contribution in [0, 0.1) is 11.6 Å². The fourth-order valence-corrected chi connectivity index (χ4v) is 3.13. The van der Waals surface area contributed by atoms with Crippen LogP contribution >= 0.6 is 12.2 Å². The minimum atomic E-state index is 0.723. The molecule has 1 saturated carbocycles. The third-order valence-electron chi connectivity index (χ3n) is 4.44. The molecule has 0 saturated heterocycles. The summed E-state index contributed by atoms with van der Waals surface area (Å²) >= 11 is 5.43. The minimum absolute atomic E-state index is 0.723. The van der Waals surface area contributed by atoms with Crippen molar-refractivity contribution in [1.29, 1.82) is 0 Å². The van der Waals surface area contributed by atoms with Gasteiger partial charge in [-0.05, 0) is 49.3 Å². The molecule has 3 heteroatoms. The molecule has 1 N–H and O–H groups in total. The maximum absolute atomic E-state index is 5.43. The number of H-pyrrole nitrogens is 1. The lowest BCUT2D eigenvalue weighted by Gasteiger charge is -2.26. The molecule has 1 fully saturated rings. The van der Waals surface area contributed by atoms with Crippen molar-refractivity contribution >= 4 is 12.2 Å². The summed E-state index contributed by atoms with van der Waals surface area (Å²) in [6.07, 6.45) is 6.04. The van der Waals surface area contributed by atoms with E-state index in [1.807, 2.05) is 0 Å². The van der Waals surface area contributed by atoms with Gasteiger partial charge in [-0.25, -0.2) is 4.98 Å². The third-order valence-corrected chi connectivity index (χ3v) is 4.84. The Morgan fingerprint density at radius 1 is 1.33 bits per heavy atom. The lowest BCUT2D eigenvalue weighted by Crippen LogP contribution is -2.08. The van der Waals surface area contributed by atoms with Gasteiger partial charge >= 0.3 is 0 Å². The zero-order valence-electron chi connectivity index (χ0n) is 12.8. The van der Waals surface area contributed by atoms with E-state index in [-0.39, 0.29) is 0 Å². The summed E-state index contributed by atoms with van der Waals surface area (Å²) in [5, 5.41) is 0. The molecular formula is C18H22N2S. The van der Waals surface area contributed by atoms with Crippen molar-refractivity contribution in [2.24, 2.45) is 0 Å². The molecule has 1 aromatic heterocycles. The van der Waals surface area contributed by atoms with Gasteiger partial charge in [0, 0.05) is 12.0 Å². The number of aryl methyl sites for hydroxylation is 1. The summed E-state index contributed by atoms with van der Waals surface area (Å²) in [4.78, 5) is 7.99. The van der Waals surface area contributed by atoms with Gasteiger partial charge in [-0.3, -0.25) is 0 Å². The smallest absolute Gasteiger partial charge is 0.133 e. The first-order valence-electron chi connectivity index (χ1n) is 7.89. The summed E-state index contributed by atoms with van der Waals surface area (Å²) in [7, 11) is 0. The van der Waals surface area contributed by atoms with E-state index in [4.69, 9.17) is 12.2 Å². The van der Waals surface area contributed by atoms with Crippen LogP contribution in [0.25, 0.3) is 11.3 Å². The number of hydrogen-bond acceptors (Lipinski definition) is 2. The van der Waals surface area contributed by atoms with Gasteiger partial charge in [0.25, 0.3) is 0 Å². The number of aromatic amines is 1. The predicted octanol–water partition coefficient (Wildman–Crippen LogP) is 5.33. The fourth-order valence-electron chi connectivity index (χ4n) is 2.91. The van der Waals surface area contributed by atoms with Gasteiger partial charge in [0.1, 0.15) is 10.5 Å². The molecule has 21 heavy (non-hydrogen) atoms. The van der Waals surface area contributed by atoms with Gasteiger partial charge in [-0.1, -0.05) is 43.8 Å². The van der Waals surface area contributed by atoms with Crippen LogP contribution in [0.5, 0.6) is 0 Å². The number of nitrogens with one attached hydrogen (secondary N) is 1. The van der Waals surface area contributed by atoms with Crippen LogP contribution in [0.3, 0.4) is 0 Å². The van der Waals surface area contributed by atoms with Gasteiger partial charge in [-0.2, -0.15) is 0 Å². The highest BCUT2D eigenvalue weighted by molar-refractivity contribution is 7.71. The largest absolute Gasteiger partial charge is 0.343 e. The molecule has 0 unspecified atom stereocenters. The van der Waals surface area contributed by atoms with E-state index in [1.54, 1.807) is 0 Å². The first-order chi connectivity index (χ1) is 10.2. The van der Waals surface area contributed by atoms with E-state index in [2.05, 4.69) is 48.1 Å². The van der Waals surface area contributed by atoms with Crippen LogP contribution in [0.1, 0.15) is 55.5 Å². The van der Waals surface area contributed by atoms with E-state index in [0.29, 0.717) is 0 Å². The Balaban J connectivity index is 2.04. The number of nitrogens with zero attached hydrogens (tertiary/aromatic N) is 1. The molecule has 0 bridgehead atoms. The Labute approximate surface area is 131 Å². The van der Waals surface area contributed by atoms with Crippen LogP contribution in [0.4, 0.5) is 0 Å². The Kier molecular flexibility index (Phi) is 4.20. The summed E-state index contributed by atoms with van der Waals surface area (Å²) in [5.41, 5.74) is 4.92. The summed E-state index contributed by atoms with van der Waals surface area (Å²) < 4.78 is 0.723. The molecule has 3 rings (SSSR count). The van der Waals surface area contributed by atoms with Gasteiger partial charge in [-0.15, -0.1) is 0 Å². The van der Waals surface area contributed by atoms with E-state index in [1.165, 1.54) is 30.4 Å². The SMILES string of the molecule is CCCc1nc(=S)c(C)c(-c2cccc(C3CCC3)c2)[nH]1. The minimum Gasteiger partial charge on any atom is -0.343 e. The second-order valence-electron chi connectivity index (χ2n) is 5.99. The molecule has 0 aliphatic heterocycles. The normalized spacial score (nSPS) is 15.0. The number of hydrogen-bond donors (Lipinski definition) is 1. The number of rotatable bonds is 4.